The second kappa shape index (κ2) is 9.91. The Labute approximate surface area is 156 Å². The van der Waals surface area contributed by atoms with Gasteiger partial charge in [-0.15, -0.1) is 0 Å². The average Bonchev–Trinajstić information content (AvgIpc) is 2.67. The highest BCUT2D eigenvalue weighted by Gasteiger charge is 2.22. The van der Waals surface area contributed by atoms with Crippen molar-refractivity contribution in [1.29, 1.82) is 0 Å². The molecule has 0 aliphatic heterocycles. The van der Waals surface area contributed by atoms with E-state index in [-0.39, 0.29) is 24.6 Å². The summed E-state index contributed by atoms with van der Waals surface area (Å²) in [7, 11) is 0. The topological polar surface area (TPSA) is 111 Å². The Kier molecular flexibility index (Phi) is 7.30. The first-order valence-electron chi connectivity index (χ1n) is 8.48. The number of amides is 2. The Morgan fingerprint density at radius 3 is 2.33 bits per heavy atom. The van der Waals surface area contributed by atoms with Gasteiger partial charge in [-0.05, 0) is 18.1 Å². The van der Waals surface area contributed by atoms with Crippen molar-refractivity contribution in [2.45, 2.75) is 26.0 Å². The Morgan fingerprint density at radius 2 is 1.74 bits per heavy atom. The van der Waals surface area contributed by atoms with Gasteiger partial charge in [0, 0.05) is 25.1 Å². The molecule has 0 aliphatic rings. The molecule has 2 rings (SSSR count). The van der Waals surface area contributed by atoms with E-state index in [1.165, 1.54) is 12.1 Å². The van der Waals surface area contributed by atoms with Crippen LogP contribution in [0.4, 0.5) is 10.5 Å². The first kappa shape index (κ1) is 19.9. The molecule has 0 aliphatic carbocycles. The number of hydrogen-bond acceptors (Lipinski definition) is 5. The summed E-state index contributed by atoms with van der Waals surface area (Å²) in [4.78, 5) is 34.5. The van der Waals surface area contributed by atoms with Crippen LogP contribution in [0.15, 0.2) is 54.6 Å². The third-order valence-electron chi connectivity index (χ3n) is 3.76. The summed E-state index contributed by atoms with van der Waals surface area (Å²) in [5.74, 6) is -0.354. The molecular formula is C19H21N3O5. The van der Waals surface area contributed by atoms with E-state index in [1.807, 2.05) is 30.3 Å². The van der Waals surface area contributed by atoms with Gasteiger partial charge in [-0.25, -0.2) is 4.79 Å². The van der Waals surface area contributed by atoms with E-state index < -0.39 is 17.1 Å². The van der Waals surface area contributed by atoms with E-state index in [9.17, 15) is 19.7 Å². The van der Waals surface area contributed by atoms with Gasteiger partial charge < -0.3 is 15.4 Å². The molecule has 0 bridgehead atoms. The molecule has 0 heterocycles. The van der Waals surface area contributed by atoms with E-state index in [0.717, 1.165) is 5.56 Å². The van der Waals surface area contributed by atoms with Gasteiger partial charge in [0.2, 0.25) is 5.91 Å². The fraction of sp³-hybridized carbons (Fsp3) is 0.263. The van der Waals surface area contributed by atoms with Gasteiger partial charge in [0.05, 0.1) is 4.92 Å². The van der Waals surface area contributed by atoms with Crippen LogP contribution in [0, 0.1) is 10.1 Å². The number of rotatable bonds is 8. The quantitative estimate of drug-likeness (QED) is 0.547. The highest BCUT2D eigenvalue weighted by Crippen LogP contribution is 2.13. The van der Waals surface area contributed by atoms with Gasteiger partial charge in [-0.3, -0.25) is 14.9 Å². The van der Waals surface area contributed by atoms with Gasteiger partial charge in [-0.1, -0.05) is 42.5 Å². The van der Waals surface area contributed by atoms with Crippen LogP contribution < -0.4 is 10.6 Å². The fourth-order valence-corrected chi connectivity index (χ4v) is 2.40. The van der Waals surface area contributed by atoms with Gasteiger partial charge in [-0.2, -0.15) is 0 Å². The van der Waals surface area contributed by atoms with Crippen molar-refractivity contribution in [3.63, 3.8) is 0 Å². The van der Waals surface area contributed by atoms with E-state index >= 15 is 0 Å². The average molecular weight is 371 g/mol. The number of nitro benzene ring substituents is 1. The molecule has 142 valence electrons. The maximum Gasteiger partial charge on any atom is 0.408 e. The molecule has 8 nitrogen and oxygen atoms in total. The van der Waals surface area contributed by atoms with Crippen molar-refractivity contribution in [2.75, 3.05) is 6.54 Å². The minimum Gasteiger partial charge on any atom is -0.445 e. The summed E-state index contributed by atoms with van der Waals surface area (Å²) in [5, 5.41) is 15.9. The molecular weight excluding hydrogens is 350 g/mol. The fourth-order valence-electron chi connectivity index (χ4n) is 2.40. The number of benzene rings is 2. The van der Waals surface area contributed by atoms with Gasteiger partial charge in [0.1, 0.15) is 12.6 Å². The molecule has 0 aromatic heterocycles. The lowest BCUT2D eigenvalue weighted by molar-refractivity contribution is -0.384. The first-order valence-corrected chi connectivity index (χ1v) is 8.48. The summed E-state index contributed by atoms with van der Waals surface area (Å²) in [6, 6.07) is 14.2. The minimum atomic E-state index is -0.852. The minimum absolute atomic E-state index is 0.0384. The van der Waals surface area contributed by atoms with Crippen molar-refractivity contribution in [2.24, 2.45) is 0 Å². The third-order valence-corrected chi connectivity index (χ3v) is 3.76. The molecule has 0 radical (unpaired) electrons. The number of alkyl carbamates (subject to hydrolysis) is 1. The van der Waals surface area contributed by atoms with Crippen LogP contribution in [-0.2, 0) is 22.6 Å². The SMILES string of the molecule is CCNC(=O)[C@@H](Cc1ccc([N+](=O)[O-])cc1)NC(=O)OCc1ccccc1. The summed E-state index contributed by atoms with van der Waals surface area (Å²) >= 11 is 0. The Bertz CT molecular complexity index is 778. The lowest BCUT2D eigenvalue weighted by Gasteiger charge is -2.18. The number of likely N-dealkylation sites (N-methyl/N-ethyl adjacent to an activating group) is 1. The molecule has 2 aromatic carbocycles. The molecule has 0 saturated carbocycles. The Morgan fingerprint density at radius 1 is 1.07 bits per heavy atom. The molecule has 8 heteroatoms. The van der Waals surface area contributed by atoms with Crippen LogP contribution in [0.25, 0.3) is 0 Å². The number of nitrogens with one attached hydrogen (secondary N) is 2. The molecule has 1 atom stereocenters. The van der Waals surface area contributed by atoms with Crippen molar-refractivity contribution < 1.29 is 19.2 Å². The molecule has 0 unspecified atom stereocenters. The van der Waals surface area contributed by atoms with E-state index in [4.69, 9.17) is 4.74 Å². The lowest BCUT2D eigenvalue weighted by Crippen LogP contribution is -2.48. The number of nitrogens with zero attached hydrogens (tertiary/aromatic N) is 1. The van der Waals surface area contributed by atoms with Crippen LogP contribution in [0.2, 0.25) is 0 Å². The number of nitro groups is 1. The lowest BCUT2D eigenvalue weighted by atomic mass is 10.0. The van der Waals surface area contributed by atoms with Gasteiger partial charge >= 0.3 is 6.09 Å². The number of carbonyl (C=O) groups excluding carboxylic acids is 2. The molecule has 0 saturated heterocycles. The summed E-state index contributed by atoms with van der Waals surface area (Å²) in [6.45, 7) is 2.28. The summed E-state index contributed by atoms with van der Waals surface area (Å²) in [6.07, 6.45) is -0.526. The van der Waals surface area contributed by atoms with Crippen LogP contribution in [0.3, 0.4) is 0 Å². The molecule has 0 fully saturated rings. The maximum absolute atomic E-state index is 12.2. The monoisotopic (exact) mass is 371 g/mol. The maximum atomic E-state index is 12.2. The summed E-state index contributed by atoms with van der Waals surface area (Å²) in [5.41, 5.74) is 1.47. The van der Waals surface area contributed by atoms with Crippen LogP contribution in [0.5, 0.6) is 0 Å². The number of hydrogen-bond donors (Lipinski definition) is 2. The number of non-ortho nitro benzene ring substituents is 1. The Hall–Kier alpha value is -3.42. The van der Waals surface area contributed by atoms with Crippen molar-refractivity contribution in [3.8, 4) is 0 Å². The highest BCUT2D eigenvalue weighted by atomic mass is 16.6. The van der Waals surface area contributed by atoms with E-state index in [2.05, 4.69) is 10.6 Å². The highest BCUT2D eigenvalue weighted by molar-refractivity contribution is 5.85. The molecule has 2 aromatic rings. The van der Waals surface area contributed by atoms with Crippen molar-refractivity contribution in [3.05, 3.63) is 75.8 Å². The molecule has 0 spiro atoms. The smallest absolute Gasteiger partial charge is 0.408 e. The predicted molar refractivity (Wildman–Crippen MR) is 99.0 cm³/mol. The number of carbonyl (C=O) groups is 2. The first-order chi connectivity index (χ1) is 13.0. The van der Waals surface area contributed by atoms with Crippen LogP contribution in [-0.4, -0.2) is 29.5 Å². The zero-order chi connectivity index (χ0) is 19.6. The predicted octanol–water partition coefficient (Wildman–Crippen LogP) is 2.57. The number of ether oxygens (including phenoxy) is 1. The van der Waals surface area contributed by atoms with Gasteiger partial charge in [0.15, 0.2) is 0 Å². The molecule has 2 amide bonds. The third kappa shape index (κ3) is 6.43. The van der Waals surface area contributed by atoms with Crippen molar-refractivity contribution >= 4 is 17.7 Å². The van der Waals surface area contributed by atoms with Crippen molar-refractivity contribution in [1.82, 2.24) is 10.6 Å². The van der Waals surface area contributed by atoms with Crippen LogP contribution in [0.1, 0.15) is 18.1 Å². The zero-order valence-corrected chi connectivity index (χ0v) is 14.9. The van der Waals surface area contributed by atoms with Crippen LogP contribution >= 0.6 is 0 Å². The second-order valence-corrected chi connectivity index (χ2v) is 5.78. The van der Waals surface area contributed by atoms with E-state index in [1.54, 1.807) is 19.1 Å². The second-order valence-electron chi connectivity index (χ2n) is 5.78. The zero-order valence-electron chi connectivity index (χ0n) is 14.9. The van der Waals surface area contributed by atoms with E-state index in [0.29, 0.717) is 12.1 Å². The summed E-state index contributed by atoms with van der Waals surface area (Å²) < 4.78 is 5.16. The largest absolute Gasteiger partial charge is 0.445 e. The Balaban J connectivity index is 1.99. The standard InChI is InChI=1S/C19H21N3O5/c1-2-20-18(23)17(12-14-8-10-16(11-9-14)22(25)26)21-19(24)27-13-15-6-4-3-5-7-15/h3-11,17H,2,12-13H2,1H3,(H,20,23)(H,21,24)/t17-/m1/s1. The normalized spacial score (nSPS) is 11.3. The molecule has 27 heavy (non-hydrogen) atoms. The molecule has 2 N–H and O–H groups in total. The van der Waals surface area contributed by atoms with Gasteiger partial charge in [0.25, 0.3) is 5.69 Å².